The maximum atomic E-state index is 16.9. The molecular weight excluding hydrogens is 619 g/mol. The predicted octanol–water partition coefficient (Wildman–Crippen LogP) is 5.52. The summed E-state index contributed by atoms with van der Waals surface area (Å²) in [5.41, 5.74) is -0.808. The van der Waals surface area contributed by atoms with Crippen LogP contribution in [0.25, 0.3) is 32.8 Å². The molecule has 1 aromatic heterocycles. The SMILES string of the molecule is C#Cc1c(F)ccc2cc(O)cc(-c3c(F)cc4c(N5CC6CCC(C5)N6)nc(OCC5(CN6CC7CCC(C6)O7)CC5)nc4c3F)c12. The van der Waals surface area contributed by atoms with Crippen molar-refractivity contribution in [3.63, 3.8) is 0 Å². The van der Waals surface area contributed by atoms with Crippen molar-refractivity contribution in [3.05, 3.63) is 53.3 Å². The second-order valence-corrected chi connectivity index (χ2v) is 14.4. The van der Waals surface area contributed by atoms with Gasteiger partial charge in [0.05, 0.1) is 29.9 Å². The van der Waals surface area contributed by atoms with Gasteiger partial charge in [0.25, 0.3) is 0 Å². The minimum absolute atomic E-state index is 0.0317. The molecule has 4 aromatic rings. The topological polar surface area (TPSA) is 83.0 Å². The summed E-state index contributed by atoms with van der Waals surface area (Å²) >= 11 is 0. The fraction of sp³-hybridized carbons (Fsp3) is 0.459. The number of hydrogen-bond acceptors (Lipinski definition) is 8. The molecule has 3 aromatic carbocycles. The fourth-order valence-corrected chi connectivity index (χ4v) is 8.49. The lowest BCUT2D eigenvalue weighted by atomic mass is 9.92. The first-order valence-corrected chi connectivity index (χ1v) is 16.9. The molecule has 4 atom stereocenters. The number of terminal acetylenes is 1. The largest absolute Gasteiger partial charge is 0.508 e. The highest BCUT2D eigenvalue weighted by atomic mass is 19.1. The molecule has 1 saturated carbocycles. The van der Waals surface area contributed by atoms with Crippen LogP contribution < -0.4 is 15.0 Å². The van der Waals surface area contributed by atoms with Gasteiger partial charge in [-0.2, -0.15) is 9.97 Å². The Kier molecular flexibility index (Phi) is 7.01. The predicted molar refractivity (Wildman–Crippen MR) is 176 cm³/mol. The number of phenolic OH excluding ortho intramolecular Hbond substituents is 1. The molecule has 4 aliphatic heterocycles. The number of hydrogen-bond donors (Lipinski definition) is 2. The molecule has 5 heterocycles. The Labute approximate surface area is 276 Å². The average Bonchev–Trinajstić information content (AvgIpc) is 3.63. The van der Waals surface area contributed by atoms with Crippen LogP contribution in [-0.2, 0) is 4.74 Å². The molecule has 0 amide bonds. The molecule has 9 rings (SSSR count). The number of ether oxygens (including phenoxy) is 2. The second-order valence-electron chi connectivity index (χ2n) is 14.4. The van der Waals surface area contributed by atoms with Crippen molar-refractivity contribution in [3.8, 4) is 35.2 Å². The Morgan fingerprint density at radius 2 is 1.73 bits per heavy atom. The molecule has 48 heavy (non-hydrogen) atoms. The number of fused-ring (bicyclic) bond motifs is 6. The smallest absolute Gasteiger partial charge is 0.319 e. The highest BCUT2D eigenvalue weighted by Gasteiger charge is 2.47. The molecule has 4 unspecified atom stereocenters. The van der Waals surface area contributed by atoms with Gasteiger partial charge >= 0.3 is 6.01 Å². The van der Waals surface area contributed by atoms with Crippen LogP contribution in [-0.4, -0.2) is 83.6 Å². The van der Waals surface area contributed by atoms with Crippen molar-refractivity contribution in [2.24, 2.45) is 5.41 Å². The Morgan fingerprint density at radius 1 is 0.979 bits per heavy atom. The molecule has 0 radical (unpaired) electrons. The number of morpholine rings is 1. The summed E-state index contributed by atoms with van der Waals surface area (Å²) < 4.78 is 60.4. The Hall–Kier alpha value is -4.11. The van der Waals surface area contributed by atoms with Gasteiger partial charge in [0.1, 0.15) is 28.7 Å². The lowest BCUT2D eigenvalue weighted by Crippen LogP contribution is -2.51. The zero-order valence-corrected chi connectivity index (χ0v) is 26.4. The minimum Gasteiger partial charge on any atom is -0.508 e. The Balaban J connectivity index is 1.13. The van der Waals surface area contributed by atoms with Gasteiger partial charge in [-0.1, -0.05) is 12.0 Å². The van der Waals surface area contributed by atoms with Crippen LogP contribution in [0.2, 0.25) is 0 Å². The molecule has 1 aliphatic carbocycles. The number of rotatable bonds is 7. The van der Waals surface area contributed by atoms with E-state index in [2.05, 4.69) is 26.0 Å². The van der Waals surface area contributed by atoms with Gasteiger partial charge in [-0.25, -0.2) is 13.2 Å². The third-order valence-electron chi connectivity index (χ3n) is 11.0. The van der Waals surface area contributed by atoms with Crippen molar-refractivity contribution >= 4 is 27.5 Å². The van der Waals surface area contributed by atoms with Crippen LogP contribution in [0.3, 0.4) is 0 Å². The molecular formula is C37H36F3N5O3. The standard InChI is InChI=1S/C37H36F3N5O3/c1-2-26-29(38)8-3-20-11-23(46)12-27(31(20)26)32-30(39)13-28-34(33(32)40)42-36(43-35(28)45-14-21-4-5-22(15-45)41-21)47-19-37(9-10-37)18-44-16-24-6-7-25(17-44)48-24/h1,3,8,11-13,21-22,24-25,41,46H,4-7,9-10,14-19H2. The number of phenols is 1. The van der Waals surface area contributed by atoms with E-state index in [0.717, 1.165) is 58.2 Å². The molecule has 0 spiro atoms. The van der Waals surface area contributed by atoms with Crippen LogP contribution in [0, 0.1) is 35.2 Å². The number of halogens is 3. The maximum Gasteiger partial charge on any atom is 0.319 e. The first kappa shape index (κ1) is 30.0. The summed E-state index contributed by atoms with van der Waals surface area (Å²) in [5, 5.41) is 14.9. The fourth-order valence-electron chi connectivity index (χ4n) is 8.49. The highest BCUT2D eigenvalue weighted by Crippen LogP contribution is 2.48. The van der Waals surface area contributed by atoms with Gasteiger partial charge in [0.15, 0.2) is 5.82 Å². The molecule has 4 saturated heterocycles. The maximum absolute atomic E-state index is 16.9. The molecule has 11 heteroatoms. The number of aromatic nitrogens is 2. The Morgan fingerprint density at radius 3 is 2.44 bits per heavy atom. The molecule has 2 N–H and O–H groups in total. The summed E-state index contributed by atoms with van der Waals surface area (Å²) in [4.78, 5) is 13.9. The van der Waals surface area contributed by atoms with Crippen molar-refractivity contribution < 1.29 is 27.8 Å². The van der Waals surface area contributed by atoms with Gasteiger partial charge in [-0.3, -0.25) is 4.90 Å². The summed E-state index contributed by atoms with van der Waals surface area (Å²) in [6.45, 7) is 4.41. The average molecular weight is 656 g/mol. The van der Waals surface area contributed by atoms with E-state index in [1.165, 1.54) is 30.3 Å². The second kappa shape index (κ2) is 11.2. The van der Waals surface area contributed by atoms with E-state index in [9.17, 15) is 9.50 Å². The van der Waals surface area contributed by atoms with Crippen LogP contribution >= 0.6 is 0 Å². The number of nitrogens with one attached hydrogen (secondary N) is 1. The number of nitrogens with zero attached hydrogens (tertiary/aromatic N) is 4. The number of aromatic hydroxyl groups is 1. The third-order valence-corrected chi connectivity index (χ3v) is 11.0. The van der Waals surface area contributed by atoms with E-state index in [4.69, 9.17) is 20.9 Å². The minimum atomic E-state index is -0.958. The summed E-state index contributed by atoms with van der Waals surface area (Å²) in [7, 11) is 0. The van der Waals surface area contributed by atoms with E-state index in [-0.39, 0.29) is 56.7 Å². The van der Waals surface area contributed by atoms with E-state index in [1.807, 2.05) is 0 Å². The first-order valence-electron chi connectivity index (χ1n) is 16.9. The van der Waals surface area contributed by atoms with E-state index in [0.29, 0.717) is 43.1 Å². The lowest BCUT2D eigenvalue weighted by molar-refractivity contribution is -0.0460. The molecule has 8 nitrogen and oxygen atoms in total. The zero-order valence-electron chi connectivity index (χ0n) is 26.4. The van der Waals surface area contributed by atoms with Crippen LogP contribution in [0.1, 0.15) is 44.1 Å². The van der Waals surface area contributed by atoms with Crippen molar-refractivity contribution in [1.82, 2.24) is 20.2 Å². The van der Waals surface area contributed by atoms with E-state index < -0.39 is 23.0 Å². The quantitative estimate of drug-likeness (QED) is 0.252. The number of piperazine rings is 1. The van der Waals surface area contributed by atoms with Gasteiger partial charge in [0.2, 0.25) is 0 Å². The van der Waals surface area contributed by atoms with Gasteiger partial charge in [0, 0.05) is 66.6 Å². The van der Waals surface area contributed by atoms with Crippen molar-refractivity contribution in [2.45, 2.75) is 62.8 Å². The number of likely N-dealkylation sites (tertiary alicyclic amines) is 1. The van der Waals surface area contributed by atoms with Crippen LogP contribution in [0.4, 0.5) is 19.0 Å². The van der Waals surface area contributed by atoms with E-state index >= 15 is 8.78 Å². The summed E-state index contributed by atoms with van der Waals surface area (Å²) in [6, 6.07) is 6.96. The van der Waals surface area contributed by atoms with Gasteiger partial charge in [-0.05, 0) is 68.2 Å². The normalized spacial score (nSPS) is 25.9. The third kappa shape index (κ3) is 5.13. The van der Waals surface area contributed by atoms with Gasteiger partial charge < -0.3 is 24.8 Å². The summed E-state index contributed by atoms with van der Waals surface area (Å²) in [5.74, 6) is -0.0518. The molecule has 5 fully saturated rings. The molecule has 4 bridgehead atoms. The highest BCUT2D eigenvalue weighted by molar-refractivity contribution is 6.04. The number of benzene rings is 3. The first-order chi connectivity index (χ1) is 23.3. The molecule has 5 aliphatic rings. The van der Waals surface area contributed by atoms with Crippen molar-refractivity contribution in [2.75, 3.05) is 44.2 Å². The van der Waals surface area contributed by atoms with Crippen LogP contribution in [0.5, 0.6) is 11.8 Å². The van der Waals surface area contributed by atoms with E-state index in [1.54, 1.807) is 0 Å². The lowest BCUT2D eigenvalue weighted by Gasteiger charge is -2.35. The Bertz CT molecular complexity index is 1990. The molecule has 248 valence electrons. The van der Waals surface area contributed by atoms with Crippen molar-refractivity contribution in [1.29, 1.82) is 0 Å². The van der Waals surface area contributed by atoms with Crippen LogP contribution in [0.15, 0.2) is 30.3 Å². The monoisotopic (exact) mass is 655 g/mol. The van der Waals surface area contributed by atoms with Gasteiger partial charge in [-0.15, -0.1) is 6.42 Å². The summed E-state index contributed by atoms with van der Waals surface area (Å²) in [6.07, 6.45) is 12.6. The number of anilines is 1. The zero-order chi connectivity index (χ0) is 32.7.